The molecule has 8 heteroatoms. The van der Waals surface area contributed by atoms with Crippen LogP contribution in [-0.4, -0.2) is 44.5 Å². The van der Waals surface area contributed by atoms with Gasteiger partial charge in [-0.1, -0.05) is 24.3 Å². The van der Waals surface area contributed by atoms with E-state index in [1.165, 1.54) is 4.31 Å². The van der Waals surface area contributed by atoms with E-state index in [1.54, 1.807) is 6.92 Å². The largest absolute Gasteiger partial charge is 0.466 e. The Morgan fingerprint density at radius 3 is 2.67 bits per heavy atom. The monoisotopic (exact) mass is 398 g/mol. The van der Waals surface area contributed by atoms with Crippen molar-refractivity contribution in [1.82, 2.24) is 9.03 Å². The van der Waals surface area contributed by atoms with Crippen molar-refractivity contribution in [3.63, 3.8) is 0 Å². The number of carbonyl (C=O) groups is 1. The Kier molecular flexibility index (Phi) is 8.22. The maximum Gasteiger partial charge on any atom is 0.310 e. The zero-order valence-electron chi connectivity index (χ0n) is 16.3. The molecule has 0 amide bonds. The summed E-state index contributed by atoms with van der Waals surface area (Å²) >= 11 is 0. The summed E-state index contributed by atoms with van der Waals surface area (Å²) < 4.78 is 40.1. The minimum Gasteiger partial charge on any atom is -0.466 e. The van der Waals surface area contributed by atoms with Gasteiger partial charge in [0.2, 0.25) is 0 Å². The van der Waals surface area contributed by atoms with Crippen LogP contribution in [0.1, 0.15) is 44.7 Å². The van der Waals surface area contributed by atoms with Crippen molar-refractivity contribution in [3.05, 3.63) is 35.4 Å². The average Bonchev–Trinajstić information content (AvgIpc) is 2.65. The molecule has 0 saturated carbocycles. The maximum atomic E-state index is 12.7. The normalized spacial score (nSPS) is 18.6. The first-order chi connectivity index (χ1) is 12.8. The number of rotatable bonds is 9. The minimum absolute atomic E-state index is 0.0999. The van der Waals surface area contributed by atoms with E-state index in [4.69, 9.17) is 9.47 Å². The van der Waals surface area contributed by atoms with E-state index in [9.17, 15) is 13.2 Å². The molecule has 1 saturated heterocycles. The van der Waals surface area contributed by atoms with Crippen LogP contribution < -0.4 is 4.72 Å². The highest BCUT2D eigenvalue weighted by Gasteiger charge is 2.32. The molecule has 1 aliphatic rings. The van der Waals surface area contributed by atoms with Crippen LogP contribution in [0.15, 0.2) is 24.3 Å². The molecule has 1 N–H and O–H groups in total. The number of esters is 1. The van der Waals surface area contributed by atoms with Crippen molar-refractivity contribution in [2.75, 3.05) is 19.7 Å². The lowest BCUT2D eigenvalue weighted by Crippen LogP contribution is -2.47. The topological polar surface area (TPSA) is 84.9 Å². The Balaban J connectivity index is 1.99. The van der Waals surface area contributed by atoms with Crippen molar-refractivity contribution >= 4 is 16.2 Å². The molecule has 1 aliphatic heterocycles. The molecule has 0 spiro atoms. The fourth-order valence-electron chi connectivity index (χ4n) is 3.00. The second kappa shape index (κ2) is 10.2. The van der Waals surface area contributed by atoms with E-state index >= 15 is 0 Å². The molecule has 1 unspecified atom stereocenters. The first-order valence-corrected chi connectivity index (χ1v) is 10.9. The number of carbonyl (C=O) groups excluding carboxylic acids is 1. The van der Waals surface area contributed by atoms with Gasteiger partial charge >= 0.3 is 5.97 Å². The van der Waals surface area contributed by atoms with Gasteiger partial charge in [-0.3, -0.25) is 4.79 Å². The highest BCUT2D eigenvalue weighted by Crippen LogP contribution is 2.20. The van der Waals surface area contributed by atoms with Crippen molar-refractivity contribution in [1.29, 1.82) is 0 Å². The van der Waals surface area contributed by atoms with Crippen molar-refractivity contribution in [2.45, 2.75) is 52.9 Å². The van der Waals surface area contributed by atoms with Crippen molar-refractivity contribution < 1.29 is 22.7 Å². The second-order valence-electron chi connectivity index (χ2n) is 6.90. The van der Waals surface area contributed by atoms with Gasteiger partial charge in [-0.2, -0.15) is 17.4 Å². The average molecular weight is 399 g/mol. The molecule has 152 valence electrons. The van der Waals surface area contributed by atoms with Crippen LogP contribution in [0, 0.1) is 5.92 Å². The van der Waals surface area contributed by atoms with Crippen LogP contribution in [0.25, 0.3) is 0 Å². The zero-order chi connectivity index (χ0) is 19.9. The van der Waals surface area contributed by atoms with Crippen LogP contribution in [0.5, 0.6) is 0 Å². The Labute approximate surface area is 162 Å². The number of hydrogen-bond donors (Lipinski definition) is 1. The molecule has 1 aromatic carbocycles. The Morgan fingerprint density at radius 1 is 1.30 bits per heavy atom. The quantitative estimate of drug-likeness (QED) is 0.645. The smallest absolute Gasteiger partial charge is 0.310 e. The lowest BCUT2D eigenvalue weighted by molar-refractivity contribution is -0.149. The molecule has 27 heavy (non-hydrogen) atoms. The summed E-state index contributed by atoms with van der Waals surface area (Å²) in [4.78, 5) is 11.9. The number of piperidine rings is 1. The summed E-state index contributed by atoms with van der Waals surface area (Å²) in [7, 11) is -3.68. The SMILES string of the molecule is CCOC(=O)C1CCCN(S(=O)(=O)NCc2ccccc2COC(C)C)C1. The van der Waals surface area contributed by atoms with Gasteiger partial charge in [0.15, 0.2) is 0 Å². The third-order valence-corrected chi connectivity index (χ3v) is 6.00. The summed E-state index contributed by atoms with van der Waals surface area (Å²) in [5.74, 6) is -0.726. The van der Waals surface area contributed by atoms with Gasteiger partial charge in [0.05, 0.1) is 25.2 Å². The Bertz CT molecular complexity index is 721. The number of benzene rings is 1. The molecule has 1 aromatic rings. The highest BCUT2D eigenvalue weighted by molar-refractivity contribution is 7.87. The maximum absolute atomic E-state index is 12.7. The minimum atomic E-state index is -3.68. The lowest BCUT2D eigenvalue weighted by Gasteiger charge is -2.30. The first kappa shape index (κ1) is 21.8. The van der Waals surface area contributed by atoms with Crippen molar-refractivity contribution in [2.24, 2.45) is 5.92 Å². The molecule has 0 aliphatic carbocycles. The first-order valence-electron chi connectivity index (χ1n) is 9.43. The number of nitrogens with zero attached hydrogens (tertiary/aromatic N) is 1. The van der Waals surface area contributed by atoms with Gasteiger partial charge in [0.25, 0.3) is 10.2 Å². The summed E-state index contributed by atoms with van der Waals surface area (Å²) in [6.45, 7) is 7.15. The van der Waals surface area contributed by atoms with Gasteiger partial charge in [0, 0.05) is 19.6 Å². The van der Waals surface area contributed by atoms with E-state index in [0.29, 0.717) is 32.6 Å². The van der Waals surface area contributed by atoms with Gasteiger partial charge < -0.3 is 9.47 Å². The summed E-state index contributed by atoms with van der Waals surface area (Å²) in [5.41, 5.74) is 1.83. The molecule has 1 atom stereocenters. The zero-order valence-corrected chi connectivity index (χ0v) is 17.1. The van der Waals surface area contributed by atoms with Crippen LogP contribution in [0.2, 0.25) is 0 Å². The van der Waals surface area contributed by atoms with Crippen LogP contribution >= 0.6 is 0 Å². The third-order valence-electron chi connectivity index (χ3n) is 4.48. The molecule has 7 nitrogen and oxygen atoms in total. The van der Waals surface area contributed by atoms with Gasteiger partial charge in [-0.25, -0.2) is 0 Å². The van der Waals surface area contributed by atoms with Gasteiger partial charge in [-0.15, -0.1) is 0 Å². The number of hydrogen-bond acceptors (Lipinski definition) is 5. The molecule has 1 heterocycles. The predicted octanol–water partition coefficient (Wildman–Crippen LogP) is 2.22. The summed E-state index contributed by atoms with van der Waals surface area (Å²) in [6, 6.07) is 7.61. The van der Waals surface area contributed by atoms with E-state index in [-0.39, 0.29) is 25.2 Å². The lowest BCUT2D eigenvalue weighted by atomic mass is 10.0. The fourth-order valence-corrected chi connectivity index (χ4v) is 4.27. The second-order valence-corrected chi connectivity index (χ2v) is 8.66. The Morgan fingerprint density at radius 2 is 2.00 bits per heavy atom. The van der Waals surface area contributed by atoms with E-state index in [1.807, 2.05) is 38.1 Å². The molecule has 1 fully saturated rings. The van der Waals surface area contributed by atoms with E-state index < -0.39 is 16.1 Å². The molecule has 0 radical (unpaired) electrons. The fraction of sp³-hybridized carbons (Fsp3) is 0.632. The third kappa shape index (κ3) is 6.57. The molecule has 0 bridgehead atoms. The standard InChI is InChI=1S/C19H30N2O5S/c1-4-25-19(22)17-10-7-11-21(13-17)27(23,24)20-12-16-8-5-6-9-18(16)14-26-15(2)3/h5-6,8-9,15,17,20H,4,7,10-14H2,1-3H3. The molecular weight excluding hydrogens is 368 g/mol. The summed E-state index contributed by atoms with van der Waals surface area (Å²) in [5, 5.41) is 0. The number of ether oxygens (including phenoxy) is 2. The predicted molar refractivity (Wildman–Crippen MR) is 103 cm³/mol. The molecule has 0 aromatic heterocycles. The molecular formula is C19H30N2O5S. The molecule has 2 rings (SSSR count). The van der Waals surface area contributed by atoms with E-state index in [2.05, 4.69) is 4.72 Å². The Hall–Kier alpha value is -1.48. The van der Waals surface area contributed by atoms with Crippen LogP contribution in [0.3, 0.4) is 0 Å². The van der Waals surface area contributed by atoms with Crippen LogP contribution in [-0.2, 0) is 37.6 Å². The summed E-state index contributed by atoms with van der Waals surface area (Å²) in [6.07, 6.45) is 1.39. The number of nitrogens with one attached hydrogen (secondary N) is 1. The van der Waals surface area contributed by atoms with E-state index in [0.717, 1.165) is 11.1 Å². The van der Waals surface area contributed by atoms with Crippen LogP contribution in [0.4, 0.5) is 0 Å². The van der Waals surface area contributed by atoms with Gasteiger partial charge in [0.1, 0.15) is 0 Å². The highest BCUT2D eigenvalue weighted by atomic mass is 32.2. The van der Waals surface area contributed by atoms with Gasteiger partial charge in [-0.05, 0) is 44.7 Å². The van der Waals surface area contributed by atoms with Crippen molar-refractivity contribution in [3.8, 4) is 0 Å².